The Bertz CT molecular complexity index is 434. The third-order valence-electron chi connectivity index (χ3n) is 5.09. The monoisotopic (exact) mass is 293 g/mol. The lowest BCUT2D eigenvalue weighted by Crippen LogP contribution is -2.59. The lowest BCUT2D eigenvalue weighted by atomic mass is 9.89. The highest BCUT2D eigenvalue weighted by molar-refractivity contribution is 5.06. The lowest BCUT2D eigenvalue weighted by Gasteiger charge is -2.41. The van der Waals surface area contributed by atoms with Gasteiger partial charge in [-0.2, -0.15) is 5.10 Å². The number of hydrazine groups is 1. The van der Waals surface area contributed by atoms with Gasteiger partial charge < -0.3 is 0 Å². The third kappa shape index (κ3) is 3.65. The van der Waals surface area contributed by atoms with Gasteiger partial charge >= 0.3 is 0 Å². The fourth-order valence-electron chi connectivity index (χ4n) is 3.15. The molecule has 1 aliphatic rings. The molecule has 1 fully saturated rings. The van der Waals surface area contributed by atoms with Crippen LogP contribution in [-0.4, -0.2) is 39.4 Å². The van der Waals surface area contributed by atoms with E-state index >= 15 is 0 Å². The van der Waals surface area contributed by atoms with Crippen LogP contribution in [0, 0.1) is 0 Å². The van der Waals surface area contributed by atoms with Crippen molar-refractivity contribution in [3.8, 4) is 0 Å². The number of rotatable bonds is 7. The number of nitrogens with two attached hydrogens (primary N) is 1. The molecule has 5 nitrogen and oxygen atoms in total. The molecule has 0 aliphatic carbocycles. The van der Waals surface area contributed by atoms with Crippen molar-refractivity contribution in [1.29, 1.82) is 0 Å². The number of nitrogens with one attached hydrogen (secondary N) is 1. The molecule has 1 aromatic rings. The molecule has 2 unspecified atom stereocenters. The predicted molar refractivity (Wildman–Crippen MR) is 86.9 cm³/mol. The quantitative estimate of drug-likeness (QED) is 0.597. The van der Waals surface area contributed by atoms with Crippen molar-refractivity contribution in [2.75, 3.05) is 13.1 Å². The second kappa shape index (κ2) is 6.90. The average Bonchev–Trinajstić information content (AvgIpc) is 3.14. The Kier molecular flexibility index (Phi) is 5.41. The summed E-state index contributed by atoms with van der Waals surface area (Å²) in [5.41, 5.74) is 4.19. The molecule has 21 heavy (non-hydrogen) atoms. The Morgan fingerprint density at radius 3 is 2.62 bits per heavy atom. The Labute approximate surface area is 128 Å². The maximum absolute atomic E-state index is 5.86. The first kappa shape index (κ1) is 16.5. The van der Waals surface area contributed by atoms with Crippen molar-refractivity contribution in [3.63, 3.8) is 0 Å². The van der Waals surface area contributed by atoms with E-state index < -0.39 is 0 Å². The predicted octanol–water partition coefficient (Wildman–Crippen LogP) is 2.10. The maximum atomic E-state index is 5.86. The van der Waals surface area contributed by atoms with E-state index in [4.69, 9.17) is 10.9 Å². The second-order valence-electron chi connectivity index (χ2n) is 6.82. The maximum Gasteiger partial charge on any atom is 0.0641 e. The van der Waals surface area contributed by atoms with Gasteiger partial charge in [0.25, 0.3) is 0 Å². The van der Waals surface area contributed by atoms with Crippen LogP contribution in [0.3, 0.4) is 0 Å². The topological polar surface area (TPSA) is 59.1 Å². The van der Waals surface area contributed by atoms with Gasteiger partial charge in [0, 0.05) is 30.2 Å². The molecule has 5 heteroatoms. The Morgan fingerprint density at radius 2 is 2.05 bits per heavy atom. The van der Waals surface area contributed by atoms with Crippen molar-refractivity contribution in [2.45, 2.75) is 71.0 Å². The zero-order valence-corrected chi connectivity index (χ0v) is 14.0. The van der Waals surface area contributed by atoms with E-state index in [2.05, 4.69) is 55.0 Å². The fraction of sp³-hybridized carbons (Fsp3) is 0.812. The summed E-state index contributed by atoms with van der Waals surface area (Å²) in [7, 11) is 0. The summed E-state index contributed by atoms with van der Waals surface area (Å²) in [5.74, 6) is 5.86. The van der Waals surface area contributed by atoms with Gasteiger partial charge in [-0.25, -0.2) is 0 Å². The van der Waals surface area contributed by atoms with Gasteiger partial charge in [0.05, 0.1) is 5.69 Å². The Morgan fingerprint density at radius 1 is 1.38 bits per heavy atom. The molecular formula is C16H31N5. The van der Waals surface area contributed by atoms with E-state index in [9.17, 15) is 0 Å². The molecular weight excluding hydrogens is 262 g/mol. The van der Waals surface area contributed by atoms with E-state index in [1.807, 2.05) is 0 Å². The number of hydrogen-bond acceptors (Lipinski definition) is 4. The van der Waals surface area contributed by atoms with E-state index in [1.54, 1.807) is 0 Å². The summed E-state index contributed by atoms with van der Waals surface area (Å²) in [6, 6.07) is 2.78. The Balaban J connectivity index is 2.06. The minimum Gasteiger partial charge on any atom is -0.297 e. The van der Waals surface area contributed by atoms with Gasteiger partial charge in [-0.3, -0.25) is 20.9 Å². The molecule has 2 heterocycles. The highest BCUT2D eigenvalue weighted by atomic mass is 15.3. The first-order chi connectivity index (χ1) is 9.98. The van der Waals surface area contributed by atoms with Crippen LogP contribution in [0.2, 0.25) is 0 Å². The van der Waals surface area contributed by atoms with Gasteiger partial charge in [-0.05, 0) is 59.2 Å². The van der Waals surface area contributed by atoms with Gasteiger partial charge in [-0.15, -0.1) is 0 Å². The van der Waals surface area contributed by atoms with Crippen molar-refractivity contribution < 1.29 is 0 Å². The zero-order valence-electron chi connectivity index (χ0n) is 14.0. The minimum absolute atomic E-state index is 0.0470. The van der Waals surface area contributed by atoms with E-state index in [0.29, 0.717) is 6.04 Å². The molecule has 1 aliphatic heterocycles. The lowest BCUT2D eigenvalue weighted by molar-refractivity contribution is 0.106. The summed E-state index contributed by atoms with van der Waals surface area (Å²) in [6.45, 7) is 11.3. The number of likely N-dealkylation sites (tertiary alicyclic amines) is 1. The summed E-state index contributed by atoms with van der Waals surface area (Å²) < 4.78 is 2.06. The van der Waals surface area contributed by atoms with Crippen LogP contribution in [0.1, 0.15) is 58.7 Å². The van der Waals surface area contributed by atoms with E-state index in [-0.39, 0.29) is 11.6 Å². The SMILES string of the molecule is CCC(C)n1ccc(CC(NN)C(C)(C)N2CCCC2)n1. The molecule has 0 saturated carbocycles. The smallest absolute Gasteiger partial charge is 0.0641 e. The van der Waals surface area contributed by atoms with E-state index in [1.165, 1.54) is 25.9 Å². The minimum atomic E-state index is 0.0470. The van der Waals surface area contributed by atoms with Crippen LogP contribution >= 0.6 is 0 Å². The average molecular weight is 293 g/mol. The summed E-state index contributed by atoms with van der Waals surface area (Å²) >= 11 is 0. The molecule has 0 bridgehead atoms. The summed E-state index contributed by atoms with van der Waals surface area (Å²) in [4.78, 5) is 2.54. The first-order valence-electron chi connectivity index (χ1n) is 8.24. The van der Waals surface area contributed by atoms with Crippen LogP contribution in [0.25, 0.3) is 0 Å². The summed E-state index contributed by atoms with van der Waals surface area (Å²) in [6.07, 6.45) is 6.63. The molecule has 0 radical (unpaired) electrons. The first-order valence-corrected chi connectivity index (χ1v) is 8.24. The molecule has 3 N–H and O–H groups in total. The van der Waals surface area contributed by atoms with Crippen LogP contribution < -0.4 is 11.3 Å². The van der Waals surface area contributed by atoms with Gasteiger partial charge in [-0.1, -0.05) is 6.92 Å². The van der Waals surface area contributed by atoms with Gasteiger partial charge in [0.2, 0.25) is 0 Å². The fourth-order valence-corrected chi connectivity index (χ4v) is 3.15. The van der Waals surface area contributed by atoms with Crippen LogP contribution in [-0.2, 0) is 6.42 Å². The Hall–Kier alpha value is -0.910. The third-order valence-corrected chi connectivity index (χ3v) is 5.09. The molecule has 2 rings (SSSR count). The highest BCUT2D eigenvalue weighted by Gasteiger charge is 2.36. The van der Waals surface area contributed by atoms with E-state index in [0.717, 1.165) is 18.5 Å². The van der Waals surface area contributed by atoms with Crippen LogP contribution in [0.4, 0.5) is 0 Å². The van der Waals surface area contributed by atoms with Crippen LogP contribution in [0.15, 0.2) is 12.3 Å². The largest absolute Gasteiger partial charge is 0.297 e. The highest BCUT2D eigenvalue weighted by Crippen LogP contribution is 2.26. The van der Waals surface area contributed by atoms with Crippen molar-refractivity contribution in [1.82, 2.24) is 20.1 Å². The van der Waals surface area contributed by atoms with Crippen molar-refractivity contribution >= 4 is 0 Å². The molecule has 0 amide bonds. The van der Waals surface area contributed by atoms with Gasteiger partial charge in [0.15, 0.2) is 0 Å². The number of hydrogen-bond donors (Lipinski definition) is 2. The van der Waals surface area contributed by atoms with Crippen molar-refractivity contribution in [2.24, 2.45) is 5.84 Å². The summed E-state index contributed by atoms with van der Waals surface area (Å²) in [5, 5.41) is 4.71. The normalized spacial score (nSPS) is 19.9. The number of aromatic nitrogens is 2. The molecule has 0 aromatic carbocycles. The van der Waals surface area contributed by atoms with Gasteiger partial charge in [0.1, 0.15) is 0 Å². The molecule has 120 valence electrons. The molecule has 1 saturated heterocycles. The standard InChI is InChI=1S/C16H31N5/c1-5-13(2)21-11-8-14(19-21)12-15(18-17)16(3,4)20-9-6-7-10-20/h8,11,13,15,18H,5-7,9-10,12,17H2,1-4H3. The second-order valence-corrected chi connectivity index (χ2v) is 6.82. The number of nitrogens with zero attached hydrogens (tertiary/aromatic N) is 3. The van der Waals surface area contributed by atoms with Crippen molar-refractivity contribution in [3.05, 3.63) is 18.0 Å². The van der Waals surface area contributed by atoms with Crippen LogP contribution in [0.5, 0.6) is 0 Å². The molecule has 1 aromatic heterocycles. The molecule has 2 atom stereocenters. The molecule has 0 spiro atoms. The zero-order chi connectivity index (χ0) is 15.5.